The molecule has 2 heterocycles. The Kier molecular flexibility index (Phi) is 6.85. The van der Waals surface area contributed by atoms with E-state index in [4.69, 9.17) is 16.3 Å². The number of allylic oxidation sites excluding steroid dienone is 1. The van der Waals surface area contributed by atoms with E-state index in [9.17, 15) is 14.0 Å². The second kappa shape index (κ2) is 9.80. The van der Waals surface area contributed by atoms with Crippen LogP contribution in [0.25, 0.3) is 0 Å². The lowest BCUT2D eigenvalue weighted by atomic mass is 9.94. The van der Waals surface area contributed by atoms with Crippen LogP contribution in [-0.2, 0) is 20.9 Å². The zero-order valence-electron chi connectivity index (χ0n) is 18.0. The molecule has 9 heteroatoms. The number of amidine groups is 1. The minimum Gasteiger partial charge on any atom is -0.466 e. The third-order valence-corrected chi connectivity index (χ3v) is 6.41. The van der Waals surface area contributed by atoms with Gasteiger partial charge in [-0.15, -0.1) is 0 Å². The molecule has 2 aliphatic rings. The molecule has 6 nitrogen and oxygen atoms in total. The number of hydrogen-bond donors (Lipinski definition) is 1. The molecular formula is C24H21ClFN3O3S. The molecule has 0 spiro atoms. The summed E-state index contributed by atoms with van der Waals surface area (Å²) in [7, 11) is 1.33. The molecule has 2 aromatic rings. The lowest BCUT2D eigenvalue weighted by Crippen LogP contribution is -2.37. The Hall–Kier alpha value is -3.10. The van der Waals surface area contributed by atoms with Gasteiger partial charge in [0.05, 0.1) is 30.8 Å². The Morgan fingerprint density at radius 2 is 2.03 bits per heavy atom. The van der Waals surface area contributed by atoms with Gasteiger partial charge in [-0.3, -0.25) is 4.79 Å². The summed E-state index contributed by atoms with van der Waals surface area (Å²) in [5, 5.41) is 5.87. The lowest BCUT2D eigenvalue weighted by molar-refractivity contribution is -0.136. The van der Waals surface area contributed by atoms with E-state index in [1.807, 2.05) is 22.4 Å². The summed E-state index contributed by atoms with van der Waals surface area (Å²) in [4.78, 5) is 31.9. The second-order valence-electron chi connectivity index (χ2n) is 7.52. The number of nitrogens with one attached hydrogen (secondary N) is 1. The van der Waals surface area contributed by atoms with E-state index in [1.165, 1.54) is 31.0 Å². The molecule has 1 atom stereocenters. The fourth-order valence-electron chi connectivity index (χ4n) is 3.81. The number of aliphatic imine (C=N–C) groups is 1. The molecular weight excluding hydrogens is 465 g/mol. The van der Waals surface area contributed by atoms with Crippen molar-refractivity contribution >= 4 is 40.4 Å². The number of rotatable bonds is 6. The number of thioether (sulfide) groups is 1. The summed E-state index contributed by atoms with van der Waals surface area (Å²) in [5.74, 6) is -1.08. The van der Waals surface area contributed by atoms with Gasteiger partial charge in [0, 0.05) is 17.3 Å². The Morgan fingerprint density at radius 3 is 2.76 bits per heavy atom. The van der Waals surface area contributed by atoms with Crippen molar-refractivity contribution in [3.05, 3.63) is 92.9 Å². The smallest absolute Gasteiger partial charge is 0.338 e. The average molecular weight is 486 g/mol. The minimum absolute atomic E-state index is 0.0614. The molecule has 1 amide bonds. The van der Waals surface area contributed by atoms with Crippen LogP contribution < -0.4 is 5.32 Å². The van der Waals surface area contributed by atoms with Crippen molar-refractivity contribution in [2.75, 3.05) is 7.11 Å². The van der Waals surface area contributed by atoms with Crippen LogP contribution in [0.3, 0.4) is 0 Å². The van der Waals surface area contributed by atoms with Crippen LogP contribution in [0.1, 0.15) is 30.5 Å². The third-order valence-electron chi connectivity index (χ3n) is 5.29. The van der Waals surface area contributed by atoms with Gasteiger partial charge in [-0.05, 0) is 47.7 Å². The predicted molar refractivity (Wildman–Crippen MR) is 127 cm³/mol. The number of halogens is 2. The van der Waals surface area contributed by atoms with Gasteiger partial charge in [0.25, 0.3) is 0 Å². The first-order chi connectivity index (χ1) is 15.9. The molecule has 0 saturated heterocycles. The molecule has 2 aromatic carbocycles. The molecule has 0 aromatic heterocycles. The van der Waals surface area contributed by atoms with Crippen molar-refractivity contribution < 1.29 is 18.7 Å². The van der Waals surface area contributed by atoms with E-state index >= 15 is 0 Å². The Bertz CT molecular complexity index is 1210. The maximum atomic E-state index is 13.4. The van der Waals surface area contributed by atoms with Crippen molar-refractivity contribution in [3.8, 4) is 0 Å². The van der Waals surface area contributed by atoms with E-state index in [1.54, 1.807) is 31.2 Å². The zero-order valence-corrected chi connectivity index (χ0v) is 19.5. The summed E-state index contributed by atoms with van der Waals surface area (Å²) < 4.78 is 18.4. The molecule has 0 radical (unpaired) electrons. The maximum Gasteiger partial charge on any atom is 0.338 e. The van der Waals surface area contributed by atoms with E-state index in [-0.39, 0.29) is 24.7 Å². The van der Waals surface area contributed by atoms with Gasteiger partial charge in [-0.1, -0.05) is 47.6 Å². The zero-order chi connectivity index (χ0) is 23.5. The van der Waals surface area contributed by atoms with Crippen LogP contribution in [0.5, 0.6) is 0 Å². The number of fused-ring (bicyclic) bond motifs is 1. The SMILES string of the molecule is COC(=O)C1=C(C)N=C2SC=C(CC(=O)NCc3cccc(F)c3)N2[C@H]1c1cccc(Cl)c1. The molecule has 0 unspecified atom stereocenters. The standard InChI is InChI=1S/C24H21ClFN3O3S/c1-14-21(23(31)32-2)22(16-6-4-7-17(25)10-16)29-19(13-33-24(29)28-14)11-20(30)27-12-15-5-3-8-18(26)9-15/h3-10,13,22H,11-12H2,1-2H3,(H,27,30)/t22-/m0/s1. The quantitative estimate of drug-likeness (QED) is 0.587. The summed E-state index contributed by atoms with van der Waals surface area (Å²) in [6, 6.07) is 12.8. The molecule has 1 N–H and O–H groups in total. The van der Waals surface area contributed by atoms with Crippen molar-refractivity contribution in [1.82, 2.24) is 10.2 Å². The summed E-state index contributed by atoms with van der Waals surface area (Å²) >= 11 is 7.63. The molecule has 0 saturated carbocycles. The number of carbonyl (C=O) groups excluding carboxylic acids is 2. The van der Waals surface area contributed by atoms with Crippen molar-refractivity contribution in [1.29, 1.82) is 0 Å². The fraction of sp³-hybridized carbons (Fsp3) is 0.208. The highest BCUT2D eigenvalue weighted by atomic mass is 35.5. The highest BCUT2D eigenvalue weighted by Gasteiger charge is 2.41. The van der Waals surface area contributed by atoms with Crippen LogP contribution in [0, 0.1) is 5.82 Å². The average Bonchev–Trinajstić information content (AvgIpc) is 3.18. The van der Waals surface area contributed by atoms with Gasteiger partial charge >= 0.3 is 5.97 Å². The first-order valence-electron chi connectivity index (χ1n) is 10.2. The van der Waals surface area contributed by atoms with Gasteiger partial charge in [-0.25, -0.2) is 14.2 Å². The number of esters is 1. The fourth-order valence-corrected chi connectivity index (χ4v) is 4.97. The number of hydrogen-bond acceptors (Lipinski definition) is 6. The van der Waals surface area contributed by atoms with Gasteiger partial charge in [0.15, 0.2) is 5.17 Å². The number of ether oxygens (including phenoxy) is 1. The number of nitrogens with zero attached hydrogens (tertiary/aromatic N) is 2. The van der Waals surface area contributed by atoms with Gasteiger partial charge < -0.3 is 15.0 Å². The third kappa shape index (κ3) is 4.96. The number of benzene rings is 2. The monoisotopic (exact) mass is 485 g/mol. The van der Waals surface area contributed by atoms with E-state index in [0.29, 0.717) is 32.7 Å². The first-order valence-corrected chi connectivity index (χ1v) is 11.4. The molecule has 33 heavy (non-hydrogen) atoms. The molecule has 4 rings (SSSR count). The van der Waals surface area contributed by atoms with Crippen LogP contribution in [0.2, 0.25) is 5.02 Å². The van der Waals surface area contributed by atoms with Crippen LogP contribution in [-0.4, -0.2) is 29.1 Å². The minimum atomic E-state index is -0.541. The topological polar surface area (TPSA) is 71.0 Å². The van der Waals surface area contributed by atoms with Crippen molar-refractivity contribution in [2.24, 2.45) is 4.99 Å². The molecule has 0 fully saturated rings. The van der Waals surface area contributed by atoms with Gasteiger partial charge in [0.1, 0.15) is 5.82 Å². The number of methoxy groups -OCH3 is 1. The summed E-state index contributed by atoms with van der Waals surface area (Å²) in [5.41, 5.74) is 3.08. The maximum absolute atomic E-state index is 13.4. The second-order valence-corrected chi connectivity index (χ2v) is 8.80. The van der Waals surface area contributed by atoms with E-state index in [2.05, 4.69) is 10.3 Å². The Labute approximate surface area is 200 Å². The van der Waals surface area contributed by atoms with E-state index < -0.39 is 12.0 Å². The molecule has 0 bridgehead atoms. The van der Waals surface area contributed by atoms with Crippen LogP contribution in [0.15, 0.2) is 75.9 Å². The summed E-state index contributed by atoms with van der Waals surface area (Å²) in [6.45, 7) is 1.97. The summed E-state index contributed by atoms with van der Waals surface area (Å²) in [6.07, 6.45) is 0.0614. The van der Waals surface area contributed by atoms with Gasteiger partial charge in [0.2, 0.25) is 5.91 Å². The predicted octanol–water partition coefficient (Wildman–Crippen LogP) is 4.93. The van der Waals surface area contributed by atoms with Crippen molar-refractivity contribution in [2.45, 2.75) is 25.9 Å². The highest BCUT2D eigenvalue weighted by Crippen LogP contribution is 2.45. The highest BCUT2D eigenvalue weighted by molar-refractivity contribution is 8.16. The van der Waals surface area contributed by atoms with Gasteiger partial charge in [-0.2, -0.15) is 0 Å². The largest absolute Gasteiger partial charge is 0.466 e. The first kappa shape index (κ1) is 23.1. The lowest BCUT2D eigenvalue weighted by Gasteiger charge is -2.36. The molecule has 0 aliphatic carbocycles. The number of amides is 1. The van der Waals surface area contributed by atoms with Crippen molar-refractivity contribution in [3.63, 3.8) is 0 Å². The normalized spacial score (nSPS) is 17.3. The van der Waals surface area contributed by atoms with E-state index in [0.717, 1.165) is 5.56 Å². The van der Waals surface area contributed by atoms with Crippen LogP contribution in [0.4, 0.5) is 4.39 Å². The van der Waals surface area contributed by atoms with Crippen LogP contribution >= 0.6 is 23.4 Å². The molecule has 2 aliphatic heterocycles. The molecule has 170 valence electrons. The Morgan fingerprint density at radius 1 is 1.24 bits per heavy atom. The Balaban J connectivity index is 1.59. The number of carbonyl (C=O) groups is 2.